The van der Waals surface area contributed by atoms with E-state index < -0.39 is 23.6 Å². The summed E-state index contributed by atoms with van der Waals surface area (Å²) in [5.74, 6) is -1.80. The number of likely N-dealkylation sites (tertiary alicyclic amines) is 1. The quantitative estimate of drug-likeness (QED) is 0.329. The van der Waals surface area contributed by atoms with Crippen LogP contribution in [-0.2, 0) is 32.0 Å². The van der Waals surface area contributed by atoms with Crippen molar-refractivity contribution in [2.24, 2.45) is 5.92 Å². The third-order valence-electron chi connectivity index (χ3n) is 6.73. The molecule has 0 radical (unpaired) electrons. The van der Waals surface area contributed by atoms with Gasteiger partial charge in [-0.3, -0.25) is 19.7 Å². The number of carboxylic acids is 1. The lowest BCUT2D eigenvalue weighted by Crippen LogP contribution is -2.42. The Hall–Kier alpha value is -3.88. The van der Waals surface area contributed by atoms with E-state index in [0.717, 1.165) is 18.4 Å². The van der Waals surface area contributed by atoms with E-state index in [4.69, 9.17) is 4.74 Å². The lowest BCUT2D eigenvalue weighted by molar-refractivity contribution is -0.142. The average Bonchev–Trinajstić information content (AvgIpc) is 3.16. The van der Waals surface area contributed by atoms with Crippen LogP contribution in [0.2, 0.25) is 0 Å². The van der Waals surface area contributed by atoms with E-state index in [1.54, 1.807) is 31.7 Å². The molecule has 0 aliphatic carbocycles. The molecule has 40 heavy (non-hydrogen) atoms. The minimum Gasteiger partial charge on any atom is -0.481 e. The van der Waals surface area contributed by atoms with Gasteiger partial charge in [0.1, 0.15) is 5.60 Å². The summed E-state index contributed by atoms with van der Waals surface area (Å²) in [7, 11) is 0. The molecule has 1 fully saturated rings. The highest BCUT2D eigenvalue weighted by Gasteiger charge is 2.40. The monoisotopic (exact) mass is 551 g/mol. The predicted octanol–water partition coefficient (Wildman–Crippen LogP) is 4.80. The number of benzene rings is 2. The van der Waals surface area contributed by atoms with Crippen molar-refractivity contribution in [3.63, 3.8) is 0 Å². The molecule has 0 spiro atoms. The average molecular weight is 552 g/mol. The van der Waals surface area contributed by atoms with Crippen LogP contribution in [0.15, 0.2) is 54.6 Å². The summed E-state index contributed by atoms with van der Waals surface area (Å²) in [5, 5.41) is 14.9. The molecule has 2 aromatic carbocycles. The van der Waals surface area contributed by atoms with Gasteiger partial charge >= 0.3 is 12.1 Å². The van der Waals surface area contributed by atoms with Crippen LogP contribution in [0.4, 0.5) is 10.5 Å². The van der Waals surface area contributed by atoms with Crippen molar-refractivity contribution in [1.82, 2.24) is 10.2 Å². The van der Waals surface area contributed by atoms with Crippen LogP contribution in [-0.4, -0.2) is 58.6 Å². The summed E-state index contributed by atoms with van der Waals surface area (Å²) in [6.45, 7) is 6.24. The van der Waals surface area contributed by atoms with Crippen LogP contribution >= 0.6 is 0 Å². The molecule has 0 aromatic heterocycles. The number of anilines is 1. The Morgan fingerprint density at radius 1 is 1.00 bits per heavy atom. The van der Waals surface area contributed by atoms with Crippen molar-refractivity contribution in [3.8, 4) is 0 Å². The van der Waals surface area contributed by atoms with Gasteiger partial charge in [-0.2, -0.15) is 0 Å². The molecule has 1 heterocycles. The number of carbonyl (C=O) groups is 4. The smallest absolute Gasteiger partial charge is 0.412 e. The van der Waals surface area contributed by atoms with Gasteiger partial charge in [-0.15, -0.1) is 0 Å². The molecular formula is C31H41N3O6. The van der Waals surface area contributed by atoms with Crippen molar-refractivity contribution in [2.45, 2.75) is 77.4 Å². The fourth-order valence-corrected chi connectivity index (χ4v) is 4.94. The Morgan fingerprint density at radius 3 is 2.40 bits per heavy atom. The second-order valence-corrected chi connectivity index (χ2v) is 11.3. The minimum absolute atomic E-state index is 0.110. The van der Waals surface area contributed by atoms with E-state index in [-0.39, 0.29) is 24.3 Å². The third kappa shape index (κ3) is 10.4. The zero-order valence-electron chi connectivity index (χ0n) is 23.7. The number of rotatable bonds is 13. The van der Waals surface area contributed by atoms with Crippen LogP contribution in [0.5, 0.6) is 0 Å². The van der Waals surface area contributed by atoms with Crippen molar-refractivity contribution in [1.29, 1.82) is 0 Å². The SMILES string of the molecule is CC(C)(C)OC(=O)Nc1cccc(CCCC(=O)NC[C@@H]2C[C@@H](CC(=O)O)C(=O)N2CCCc2ccccc2)c1. The summed E-state index contributed by atoms with van der Waals surface area (Å²) in [6, 6.07) is 17.2. The first-order valence-corrected chi connectivity index (χ1v) is 13.9. The van der Waals surface area contributed by atoms with Gasteiger partial charge in [-0.1, -0.05) is 42.5 Å². The zero-order chi connectivity index (χ0) is 29.1. The third-order valence-corrected chi connectivity index (χ3v) is 6.73. The number of nitrogens with zero attached hydrogens (tertiary/aromatic N) is 1. The maximum Gasteiger partial charge on any atom is 0.412 e. The molecule has 3 amide bonds. The second-order valence-electron chi connectivity index (χ2n) is 11.3. The highest BCUT2D eigenvalue weighted by atomic mass is 16.6. The molecule has 3 rings (SSSR count). The molecule has 216 valence electrons. The van der Waals surface area contributed by atoms with Gasteiger partial charge in [0.25, 0.3) is 0 Å². The highest BCUT2D eigenvalue weighted by Crippen LogP contribution is 2.27. The van der Waals surface area contributed by atoms with E-state index in [0.29, 0.717) is 44.5 Å². The molecule has 1 saturated heterocycles. The molecule has 2 aromatic rings. The predicted molar refractivity (Wildman–Crippen MR) is 153 cm³/mol. The van der Waals surface area contributed by atoms with Gasteiger partial charge in [-0.05, 0) is 76.1 Å². The molecule has 9 heteroatoms. The normalized spacial score (nSPS) is 17.0. The van der Waals surface area contributed by atoms with E-state index in [9.17, 15) is 24.3 Å². The first-order valence-electron chi connectivity index (χ1n) is 13.9. The number of carbonyl (C=O) groups excluding carboxylic acids is 3. The Bertz CT molecular complexity index is 1160. The van der Waals surface area contributed by atoms with Gasteiger partial charge < -0.3 is 20.1 Å². The van der Waals surface area contributed by atoms with Crippen LogP contribution in [0.25, 0.3) is 0 Å². The molecule has 3 N–H and O–H groups in total. The van der Waals surface area contributed by atoms with Crippen LogP contribution in [0.3, 0.4) is 0 Å². The molecule has 1 aliphatic heterocycles. The number of ether oxygens (including phenoxy) is 1. The maximum atomic E-state index is 12.9. The van der Waals surface area contributed by atoms with Crippen molar-refractivity contribution < 1.29 is 29.0 Å². The van der Waals surface area contributed by atoms with Crippen molar-refractivity contribution in [2.75, 3.05) is 18.4 Å². The van der Waals surface area contributed by atoms with Gasteiger partial charge in [0.05, 0.1) is 12.3 Å². The Kier molecular flexibility index (Phi) is 11.1. The fourth-order valence-electron chi connectivity index (χ4n) is 4.94. The van der Waals surface area contributed by atoms with Crippen LogP contribution in [0, 0.1) is 5.92 Å². The molecule has 0 saturated carbocycles. The Labute approximate surface area is 236 Å². The van der Waals surface area contributed by atoms with Gasteiger partial charge in [0.15, 0.2) is 0 Å². The summed E-state index contributed by atoms with van der Waals surface area (Å²) in [5.41, 5.74) is 2.22. The first-order chi connectivity index (χ1) is 19.0. The summed E-state index contributed by atoms with van der Waals surface area (Å²) in [4.78, 5) is 50.6. The van der Waals surface area contributed by atoms with E-state index in [2.05, 4.69) is 10.6 Å². The molecule has 2 atom stereocenters. The van der Waals surface area contributed by atoms with Crippen molar-refractivity contribution in [3.05, 3.63) is 65.7 Å². The van der Waals surface area contributed by atoms with E-state index >= 15 is 0 Å². The number of hydrogen-bond acceptors (Lipinski definition) is 5. The summed E-state index contributed by atoms with van der Waals surface area (Å²) >= 11 is 0. The lowest BCUT2D eigenvalue weighted by Gasteiger charge is -2.25. The van der Waals surface area contributed by atoms with Crippen LogP contribution < -0.4 is 10.6 Å². The molecule has 0 bridgehead atoms. The number of nitrogens with one attached hydrogen (secondary N) is 2. The van der Waals surface area contributed by atoms with Crippen molar-refractivity contribution >= 4 is 29.6 Å². The van der Waals surface area contributed by atoms with Gasteiger partial charge in [0, 0.05) is 31.2 Å². The first kappa shape index (κ1) is 30.7. The van der Waals surface area contributed by atoms with E-state index in [1.807, 2.05) is 48.5 Å². The maximum absolute atomic E-state index is 12.9. The lowest BCUT2D eigenvalue weighted by atomic mass is 10.0. The topological polar surface area (TPSA) is 125 Å². The highest BCUT2D eigenvalue weighted by molar-refractivity contribution is 5.86. The number of amides is 3. The molecule has 9 nitrogen and oxygen atoms in total. The second kappa shape index (κ2) is 14.5. The fraction of sp³-hybridized carbons (Fsp3) is 0.484. The largest absolute Gasteiger partial charge is 0.481 e. The zero-order valence-corrected chi connectivity index (χ0v) is 23.7. The number of aryl methyl sites for hydroxylation is 2. The summed E-state index contributed by atoms with van der Waals surface area (Å²) < 4.78 is 5.29. The Balaban J connectivity index is 1.46. The molecular weight excluding hydrogens is 510 g/mol. The van der Waals surface area contributed by atoms with Gasteiger partial charge in [-0.25, -0.2) is 4.79 Å². The molecule has 0 unspecified atom stereocenters. The van der Waals surface area contributed by atoms with Gasteiger partial charge in [0.2, 0.25) is 11.8 Å². The standard InChI is InChI=1S/C31H41N3O6/c1-31(2,3)40-30(39)33-25-15-7-12-23(18-25)13-8-16-27(35)32-21-26-19-24(20-28(36)37)29(38)34(26)17-9-14-22-10-5-4-6-11-22/h4-7,10-12,15,18,24,26H,8-9,13-14,16-17,19-21H2,1-3H3,(H,32,35)(H,33,39)(H,36,37)/t24-,26-/m0/s1. The Morgan fingerprint density at radius 2 is 1.70 bits per heavy atom. The van der Waals surface area contributed by atoms with Crippen LogP contribution in [0.1, 0.15) is 64.0 Å². The molecule has 1 aliphatic rings. The number of aliphatic carboxylic acids is 1. The minimum atomic E-state index is -0.988. The van der Waals surface area contributed by atoms with E-state index in [1.165, 1.54) is 5.56 Å². The number of carboxylic acid groups (broad SMARTS) is 1. The summed E-state index contributed by atoms with van der Waals surface area (Å²) in [6.07, 6.45) is 2.89. The number of hydrogen-bond donors (Lipinski definition) is 3.